The molecule has 0 aliphatic heterocycles. The zero-order valence-corrected chi connectivity index (χ0v) is 14.1. The number of carbonyl (C=O) groups is 2. The summed E-state index contributed by atoms with van der Waals surface area (Å²) >= 11 is 1.34. The van der Waals surface area contributed by atoms with Gasteiger partial charge in [0.1, 0.15) is 17.2 Å². The van der Waals surface area contributed by atoms with Crippen LogP contribution in [0.4, 0.5) is 5.69 Å². The molecule has 2 aromatic heterocycles. The lowest BCUT2D eigenvalue weighted by molar-refractivity contribution is -0.119. The number of carbonyl (C=O) groups excluding carboxylic acids is 2. The summed E-state index contributed by atoms with van der Waals surface area (Å²) in [7, 11) is 0. The van der Waals surface area contributed by atoms with Crippen molar-refractivity contribution < 1.29 is 18.7 Å². The summed E-state index contributed by atoms with van der Waals surface area (Å²) < 4.78 is 10.7. The van der Waals surface area contributed by atoms with Gasteiger partial charge in [-0.2, -0.15) is 0 Å². The number of hydrogen-bond donors (Lipinski definition) is 2. The molecule has 3 N–H and O–H groups in total. The van der Waals surface area contributed by atoms with E-state index in [1.165, 1.54) is 11.3 Å². The highest BCUT2D eigenvalue weighted by atomic mass is 32.1. The summed E-state index contributed by atoms with van der Waals surface area (Å²) in [5.41, 5.74) is 5.90. The van der Waals surface area contributed by atoms with E-state index in [9.17, 15) is 9.59 Å². The third-order valence-corrected chi connectivity index (χ3v) is 4.04. The Morgan fingerprint density at radius 3 is 2.64 bits per heavy atom. The second-order valence-electron chi connectivity index (χ2n) is 5.18. The van der Waals surface area contributed by atoms with Gasteiger partial charge in [-0.25, -0.2) is 4.98 Å². The number of amides is 2. The van der Waals surface area contributed by atoms with Crippen LogP contribution in [0.3, 0.4) is 0 Å². The number of hydrogen-bond acceptors (Lipinski definition) is 6. The van der Waals surface area contributed by atoms with E-state index in [2.05, 4.69) is 10.3 Å². The predicted molar refractivity (Wildman–Crippen MR) is 93.6 cm³/mol. The van der Waals surface area contributed by atoms with Crippen molar-refractivity contribution in [2.75, 3.05) is 11.9 Å². The maximum atomic E-state index is 12.3. The van der Waals surface area contributed by atoms with Gasteiger partial charge in [-0.15, -0.1) is 11.3 Å². The Kier molecular flexibility index (Phi) is 4.80. The molecular weight excluding hydrogens is 342 g/mol. The molecule has 0 spiro atoms. The Morgan fingerprint density at radius 1 is 1.24 bits per heavy atom. The zero-order chi connectivity index (χ0) is 17.8. The molecule has 0 radical (unpaired) electrons. The SMILES string of the molecule is Cc1ccc(-c2nc(C(=O)Nc3ccc(OCC(N)=O)cc3)cs2)o1. The van der Waals surface area contributed by atoms with E-state index in [1.54, 1.807) is 29.6 Å². The van der Waals surface area contributed by atoms with Crippen molar-refractivity contribution in [1.29, 1.82) is 0 Å². The molecule has 3 rings (SSSR count). The first-order valence-corrected chi connectivity index (χ1v) is 8.24. The topological polar surface area (TPSA) is 107 Å². The van der Waals surface area contributed by atoms with E-state index >= 15 is 0 Å². The molecule has 0 saturated carbocycles. The van der Waals surface area contributed by atoms with Gasteiger partial charge in [0, 0.05) is 11.1 Å². The number of nitrogens with two attached hydrogens (primary N) is 1. The predicted octanol–water partition coefficient (Wildman–Crippen LogP) is 2.83. The fourth-order valence-electron chi connectivity index (χ4n) is 2.02. The number of anilines is 1. The molecule has 3 aromatic rings. The highest BCUT2D eigenvalue weighted by Gasteiger charge is 2.14. The van der Waals surface area contributed by atoms with Crippen LogP contribution in [0, 0.1) is 6.92 Å². The molecule has 128 valence electrons. The lowest BCUT2D eigenvalue weighted by Gasteiger charge is -2.06. The van der Waals surface area contributed by atoms with Crippen molar-refractivity contribution in [3.63, 3.8) is 0 Å². The third kappa shape index (κ3) is 4.24. The number of aromatic nitrogens is 1. The molecule has 2 amide bonds. The van der Waals surface area contributed by atoms with E-state index in [4.69, 9.17) is 14.9 Å². The molecular formula is C17H15N3O4S. The summed E-state index contributed by atoms with van der Waals surface area (Å²) in [5, 5.41) is 5.07. The number of thiazole rings is 1. The van der Waals surface area contributed by atoms with E-state index in [-0.39, 0.29) is 12.5 Å². The highest BCUT2D eigenvalue weighted by Crippen LogP contribution is 2.26. The second-order valence-corrected chi connectivity index (χ2v) is 6.04. The first kappa shape index (κ1) is 16.7. The molecule has 0 unspecified atom stereocenters. The van der Waals surface area contributed by atoms with Gasteiger partial charge in [0.05, 0.1) is 0 Å². The van der Waals surface area contributed by atoms with Gasteiger partial charge < -0.3 is 20.2 Å². The van der Waals surface area contributed by atoms with Crippen molar-refractivity contribution in [1.82, 2.24) is 4.98 Å². The molecule has 8 heteroatoms. The highest BCUT2D eigenvalue weighted by molar-refractivity contribution is 7.13. The van der Waals surface area contributed by atoms with Gasteiger partial charge in [0.25, 0.3) is 11.8 Å². The van der Waals surface area contributed by atoms with Gasteiger partial charge in [-0.3, -0.25) is 9.59 Å². The molecule has 0 saturated heterocycles. The zero-order valence-electron chi connectivity index (χ0n) is 13.3. The van der Waals surface area contributed by atoms with Crippen molar-refractivity contribution >= 4 is 28.8 Å². The van der Waals surface area contributed by atoms with Gasteiger partial charge in [-0.1, -0.05) is 0 Å². The molecule has 25 heavy (non-hydrogen) atoms. The van der Waals surface area contributed by atoms with Gasteiger partial charge in [0.15, 0.2) is 17.4 Å². The minimum Gasteiger partial charge on any atom is -0.484 e. The standard InChI is InChI=1S/C17H15N3O4S/c1-10-2-7-14(24-10)17-20-13(9-25-17)16(22)19-11-3-5-12(6-4-11)23-8-15(18)21/h2-7,9H,8H2,1H3,(H2,18,21)(H,19,22). The third-order valence-electron chi connectivity index (χ3n) is 3.18. The number of primary amides is 1. The van der Waals surface area contributed by atoms with E-state index in [0.717, 1.165) is 5.76 Å². The Labute approximate surface area is 147 Å². The van der Waals surface area contributed by atoms with E-state index < -0.39 is 5.91 Å². The van der Waals surface area contributed by atoms with Crippen LogP contribution in [0.15, 0.2) is 46.2 Å². The van der Waals surface area contributed by atoms with Crippen LogP contribution in [-0.4, -0.2) is 23.4 Å². The number of benzene rings is 1. The Balaban J connectivity index is 1.64. The average molecular weight is 357 g/mol. The maximum absolute atomic E-state index is 12.3. The van der Waals surface area contributed by atoms with Gasteiger partial charge in [0.2, 0.25) is 0 Å². The van der Waals surface area contributed by atoms with Crippen molar-refractivity contribution in [2.45, 2.75) is 6.92 Å². The first-order chi connectivity index (χ1) is 12.0. The summed E-state index contributed by atoms with van der Waals surface area (Å²) in [6.07, 6.45) is 0. The lowest BCUT2D eigenvalue weighted by Crippen LogP contribution is -2.20. The monoisotopic (exact) mass is 357 g/mol. The fraction of sp³-hybridized carbons (Fsp3) is 0.118. The average Bonchev–Trinajstić information content (AvgIpc) is 3.23. The molecule has 2 heterocycles. The number of ether oxygens (including phenoxy) is 1. The number of furan rings is 1. The molecule has 0 atom stereocenters. The van der Waals surface area contributed by atoms with Crippen LogP contribution >= 0.6 is 11.3 Å². The Hall–Kier alpha value is -3.13. The Morgan fingerprint density at radius 2 is 2.00 bits per heavy atom. The van der Waals surface area contributed by atoms with Gasteiger partial charge >= 0.3 is 0 Å². The fourth-order valence-corrected chi connectivity index (χ4v) is 2.78. The molecule has 0 bridgehead atoms. The van der Waals surface area contributed by atoms with Crippen LogP contribution < -0.4 is 15.8 Å². The van der Waals surface area contributed by atoms with Gasteiger partial charge in [-0.05, 0) is 43.3 Å². The van der Waals surface area contributed by atoms with Crippen LogP contribution in [0.5, 0.6) is 5.75 Å². The van der Waals surface area contributed by atoms with Crippen LogP contribution in [0.2, 0.25) is 0 Å². The second kappa shape index (κ2) is 7.18. The Bertz CT molecular complexity index is 899. The molecule has 0 fully saturated rings. The summed E-state index contributed by atoms with van der Waals surface area (Å²) in [6.45, 7) is 1.65. The van der Waals surface area contributed by atoms with Crippen molar-refractivity contribution in [3.8, 4) is 16.5 Å². The molecule has 1 aromatic carbocycles. The molecule has 0 aliphatic rings. The minimum atomic E-state index is -0.552. The van der Waals surface area contributed by atoms with Crippen molar-refractivity contribution in [3.05, 3.63) is 53.2 Å². The number of nitrogens with zero attached hydrogens (tertiary/aromatic N) is 1. The largest absolute Gasteiger partial charge is 0.484 e. The number of nitrogens with one attached hydrogen (secondary N) is 1. The van der Waals surface area contributed by atoms with Crippen molar-refractivity contribution in [2.24, 2.45) is 5.73 Å². The summed E-state index contributed by atoms with van der Waals surface area (Å²) in [6, 6.07) is 10.3. The van der Waals surface area contributed by atoms with E-state index in [1.807, 2.05) is 19.1 Å². The maximum Gasteiger partial charge on any atom is 0.275 e. The molecule has 7 nitrogen and oxygen atoms in total. The lowest BCUT2D eigenvalue weighted by atomic mass is 10.3. The summed E-state index contributed by atoms with van der Waals surface area (Å²) in [4.78, 5) is 27.2. The normalized spacial score (nSPS) is 10.4. The van der Waals surface area contributed by atoms with Crippen LogP contribution in [0.25, 0.3) is 10.8 Å². The van der Waals surface area contributed by atoms with Crippen LogP contribution in [-0.2, 0) is 4.79 Å². The molecule has 0 aliphatic carbocycles. The smallest absolute Gasteiger partial charge is 0.275 e. The number of aryl methyl sites for hydroxylation is 1. The first-order valence-electron chi connectivity index (χ1n) is 7.36. The quantitative estimate of drug-likeness (QED) is 0.705. The van der Waals surface area contributed by atoms with Crippen LogP contribution in [0.1, 0.15) is 16.2 Å². The minimum absolute atomic E-state index is 0.195. The summed E-state index contributed by atoms with van der Waals surface area (Å²) in [5.74, 6) is 1.04. The van der Waals surface area contributed by atoms with E-state index in [0.29, 0.717) is 27.9 Å². The number of rotatable bonds is 6.